The van der Waals surface area contributed by atoms with Gasteiger partial charge in [0.1, 0.15) is 17.5 Å². The van der Waals surface area contributed by atoms with Gasteiger partial charge in [-0.15, -0.1) is 0 Å². The molecule has 0 saturated carbocycles. The van der Waals surface area contributed by atoms with Crippen LogP contribution in [0.25, 0.3) is 11.4 Å². The summed E-state index contributed by atoms with van der Waals surface area (Å²) in [6.07, 6.45) is 3.39. The summed E-state index contributed by atoms with van der Waals surface area (Å²) in [5, 5.41) is 0. The summed E-state index contributed by atoms with van der Waals surface area (Å²) >= 11 is 0. The van der Waals surface area contributed by atoms with E-state index in [2.05, 4.69) is 9.97 Å². The van der Waals surface area contributed by atoms with Crippen molar-refractivity contribution in [1.29, 1.82) is 0 Å². The van der Waals surface area contributed by atoms with Gasteiger partial charge in [-0.1, -0.05) is 39.0 Å². The first kappa shape index (κ1) is 21.5. The van der Waals surface area contributed by atoms with Crippen LogP contribution >= 0.6 is 0 Å². The van der Waals surface area contributed by atoms with Gasteiger partial charge in [-0.3, -0.25) is 19.3 Å². The Morgan fingerprint density at radius 3 is 2.34 bits per heavy atom. The third-order valence-electron chi connectivity index (χ3n) is 5.70. The standard InChI is InChI=1S/C25H25N3O4/c1-25(2,3)22(30)19-20(17-7-5-6-8-18(17)32-4)28(24(31)21(19)29)16-11-9-15(10-12-16)23-26-13-14-27-23/h5-14,19-20H,1-4H3,(H,26,27). The lowest BCUT2D eigenvalue weighted by atomic mass is 9.77. The number of amides is 1. The lowest BCUT2D eigenvalue weighted by molar-refractivity contribution is -0.141. The Morgan fingerprint density at radius 1 is 1.06 bits per heavy atom. The monoisotopic (exact) mass is 431 g/mol. The van der Waals surface area contributed by atoms with E-state index < -0.39 is 29.1 Å². The summed E-state index contributed by atoms with van der Waals surface area (Å²) in [6.45, 7) is 5.27. The van der Waals surface area contributed by atoms with Crippen LogP contribution in [0.15, 0.2) is 60.9 Å². The second kappa shape index (κ2) is 8.07. The maximum atomic E-state index is 13.3. The highest BCUT2D eigenvalue weighted by Gasteiger charge is 2.54. The zero-order valence-electron chi connectivity index (χ0n) is 18.5. The molecule has 0 bridgehead atoms. The molecule has 2 heterocycles. The Labute approximate surface area is 186 Å². The highest BCUT2D eigenvalue weighted by molar-refractivity contribution is 6.48. The zero-order chi connectivity index (χ0) is 23.0. The molecule has 0 aliphatic carbocycles. The molecule has 1 fully saturated rings. The molecular weight excluding hydrogens is 406 g/mol. The molecule has 1 aliphatic rings. The fraction of sp³-hybridized carbons (Fsp3) is 0.280. The number of hydrogen-bond acceptors (Lipinski definition) is 5. The van der Waals surface area contributed by atoms with E-state index in [1.165, 1.54) is 12.0 Å². The Morgan fingerprint density at radius 2 is 1.75 bits per heavy atom. The average Bonchev–Trinajstić information content (AvgIpc) is 3.40. The van der Waals surface area contributed by atoms with Crippen molar-refractivity contribution >= 4 is 23.2 Å². The van der Waals surface area contributed by atoms with E-state index >= 15 is 0 Å². The fourth-order valence-electron chi connectivity index (χ4n) is 4.11. The van der Waals surface area contributed by atoms with Gasteiger partial charge >= 0.3 is 0 Å². The lowest BCUT2D eigenvalue weighted by Gasteiger charge is -2.30. The van der Waals surface area contributed by atoms with Crippen molar-refractivity contribution in [3.05, 3.63) is 66.5 Å². The molecule has 2 atom stereocenters. The smallest absolute Gasteiger partial charge is 0.295 e. The Kier molecular flexibility index (Phi) is 5.42. The van der Waals surface area contributed by atoms with E-state index in [9.17, 15) is 14.4 Å². The van der Waals surface area contributed by atoms with Crippen molar-refractivity contribution in [2.75, 3.05) is 12.0 Å². The van der Waals surface area contributed by atoms with Crippen LogP contribution < -0.4 is 9.64 Å². The quantitative estimate of drug-likeness (QED) is 0.487. The average molecular weight is 431 g/mol. The minimum Gasteiger partial charge on any atom is -0.496 e. The van der Waals surface area contributed by atoms with Crippen LogP contribution in [0.4, 0.5) is 5.69 Å². The lowest BCUT2D eigenvalue weighted by Crippen LogP contribution is -2.36. The Bertz CT molecular complexity index is 1160. The molecule has 7 heteroatoms. The molecule has 1 aromatic heterocycles. The number of nitrogens with one attached hydrogen (secondary N) is 1. The highest BCUT2D eigenvalue weighted by Crippen LogP contribution is 2.45. The third kappa shape index (κ3) is 3.60. The summed E-state index contributed by atoms with van der Waals surface area (Å²) in [5.74, 6) is -1.58. The predicted molar refractivity (Wildman–Crippen MR) is 120 cm³/mol. The molecule has 1 aliphatic heterocycles. The van der Waals surface area contributed by atoms with Crippen LogP contribution in [0.1, 0.15) is 32.4 Å². The van der Waals surface area contributed by atoms with Crippen LogP contribution in [0.3, 0.4) is 0 Å². The number of methoxy groups -OCH3 is 1. The number of ether oxygens (including phenoxy) is 1. The van der Waals surface area contributed by atoms with Crippen molar-refractivity contribution in [3.63, 3.8) is 0 Å². The maximum Gasteiger partial charge on any atom is 0.295 e. The number of para-hydroxylation sites is 1. The SMILES string of the molecule is COc1ccccc1C1C(C(=O)C(C)(C)C)C(=O)C(=O)N1c1ccc(-c2ncc[nH]2)cc1. The number of benzene rings is 2. The van der Waals surface area contributed by atoms with Crippen molar-refractivity contribution in [1.82, 2.24) is 9.97 Å². The molecule has 2 unspecified atom stereocenters. The first-order valence-corrected chi connectivity index (χ1v) is 10.4. The second-order valence-electron chi connectivity index (χ2n) is 8.80. The maximum absolute atomic E-state index is 13.3. The number of rotatable bonds is 5. The molecule has 164 valence electrons. The molecule has 1 N–H and O–H groups in total. The van der Waals surface area contributed by atoms with Gasteiger partial charge < -0.3 is 9.72 Å². The molecule has 32 heavy (non-hydrogen) atoms. The van der Waals surface area contributed by atoms with Crippen molar-refractivity contribution < 1.29 is 19.1 Å². The number of carbonyl (C=O) groups is 3. The molecule has 4 rings (SSSR count). The van der Waals surface area contributed by atoms with Crippen LogP contribution in [0, 0.1) is 11.3 Å². The first-order valence-electron chi connectivity index (χ1n) is 10.4. The van der Waals surface area contributed by atoms with Gasteiger partial charge in [0.15, 0.2) is 5.78 Å². The van der Waals surface area contributed by atoms with Crippen LogP contribution in [-0.4, -0.2) is 34.6 Å². The Balaban J connectivity index is 1.85. The number of Topliss-reactive ketones (excluding diaryl/α,β-unsaturated/α-hetero) is 2. The van der Waals surface area contributed by atoms with E-state index in [1.807, 2.05) is 24.3 Å². The number of imidazole rings is 1. The Hall–Kier alpha value is -3.74. The molecular formula is C25H25N3O4. The van der Waals surface area contributed by atoms with Crippen molar-refractivity contribution in [3.8, 4) is 17.1 Å². The van der Waals surface area contributed by atoms with E-state index in [0.717, 1.165) is 5.56 Å². The predicted octanol–water partition coefficient (Wildman–Crippen LogP) is 3.97. The first-order chi connectivity index (χ1) is 15.2. The molecule has 0 spiro atoms. The number of anilines is 1. The van der Waals surface area contributed by atoms with Crippen molar-refractivity contribution in [2.24, 2.45) is 11.3 Å². The number of aromatic nitrogens is 2. The van der Waals surface area contributed by atoms with Crippen molar-refractivity contribution in [2.45, 2.75) is 26.8 Å². The number of ketones is 2. The van der Waals surface area contributed by atoms with Crippen LogP contribution in [0.5, 0.6) is 5.75 Å². The van der Waals surface area contributed by atoms with Gasteiger partial charge in [0.2, 0.25) is 5.78 Å². The summed E-state index contributed by atoms with van der Waals surface area (Å²) in [7, 11) is 1.53. The topological polar surface area (TPSA) is 92.4 Å². The van der Waals surface area contributed by atoms with Crippen LogP contribution in [0.2, 0.25) is 0 Å². The van der Waals surface area contributed by atoms with Gasteiger partial charge in [-0.25, -0.2) is 4.98 Å². The van der Waals surface area contributed by atoms with Gasteiger partial charge in [0.05, 0.1) is 13.2 Å². The van der Waals surface area contributed by atoms with Gasteiger partial charge in [-0.2, -0.15) is 0 Å². The van der Waals surface area contributed by atoms with Crippen LogP contribution in [-0.2, 0) is 14.4 Å². The minimum absolute atomic E-state index is 0.276. The molecule has 7 nitrogen and oxygen atoms in total. The number of aromatic amines is 1. The number of hydrogen-bond donors (Lipinski definition) is 1. The number of nitrogens with zero attached hydrogens (tertiary/aromatic N) is 2. The summed E-state index contributed by atoms with van der Waals surface area (Å²) in [4.78, 5) is 48.4. The minimum atomic E-state index is -1.12. The normalized spacial score (nSPS) is 18.8. The van der Waals surface area contributed by atoms with Gasteiger partial charge in [-0.05, 0) is 30.3 Å². The van der Waals surface area contributed by atoms with Gasteiger partial charge in [0.25, 0.3) is 5.91 Å². The zero-order valence-corrected chi connectivity index (χ0v) is 18.5. The molecule has 1 saturated heterocycles. The summed E-state index contributed by atoms with van der Waals surface area (Å²) < 4.78 is 5.52. The molecule has 2 aromatic carbocycles. The van der Waals surface area contributed by atoms with E-state index in [-0.39, 0.29) is 5.78 Å². The fourth-order valence-corrected chi connectivity index (χ4v) is 4.11. The van der Waals surface area contributed by atoms with Gasteiger partial charge in [0, 0.05) is 34.6 Å². The molecule has 0 radical (unpaired) electrons. The summed E-state index contributed by atoms with van der Waals surface area (Å²) in [6, 6.07) is 13.5. The molecule has 3 aromatic rings. The number of carbonyl (C=O) groups excluding carboxylic acids is 3. The second-order valence-corrected chi connectivity index (χ2v) is 8.80. The third-order valence-corrected chi connectivity index (χ3v) is 5.70. The van der Waals surface area contributed by atoms with E-state index in [0.29, 0.717) is 22.8 Å². The van der Waals surface area contributed by atoms with E-state index in [1.54, 1.807) is 57.4 Å². The van der Waals surface area contributed by atoms with E-state index in [4.69, 9.17) is 4.74 Å². The largest absolute Gasteiger partial charge is 0.496 e. The molecule has 1 amide bonds. The number of H-pyrrole nitrogens is 1. The summed E-state index contributed by atoms with van der Waals surface area (Å²) in [5.41, 5.74) is 1.19. The highest BCUT2D eigenvalue weighted by atomic mass is 16.5.